The molecule has 0 aromatic heterocycles. The molecule has 0 aliphatic carbocycles. The maximum Gasteiger partial charge on any atom is 0.313 e. The van der Waals surface area contributed by atoms with Gasteiger partial charge in [-0.1, -0.05) is 12.0 Å². The topological polar surface area (TPSA) is 92.1 Å². The summed E-state index contributed by atoms with van der Waals surface area (Å²) >= 11 is 0. The van der Waals surface area contributed by atoms with Crippen molar-refractivity contribution >= 4 is 11.9 Å². The molecule has 0 aromatic rings. The van der Waals surface area contributed by atoms with E-state index in [-0.39, 0.29) is 19.4 Å². The van der Waals surface area contributed by atoms with Crippen molar-refractivity contribution in [2.75, 3.05) is 6.54 Å². The quantitative estimate of drug-likeness (QED) is 0.209. The second kappa shape index (κ2) is 6.18. The largest absolute Gasteiger partial charge is 0.393 e. The zero-order valence-corrected chi connectivity index (χ0v) is 6.69. The third-order valence-electron chi connectivity index (χ3n) is 0.996. The Bertz CT molecular complexity index is 220. The molecule has 0 aliphatic heterocycles. The van der Waals surface area contributed by atoms with Gasteiger partial charge >= 0.3 is 11.9 Å². The SMILES string of the molecule is CCC(=O)OC(=O)CCN=[N+]=[N-]. The summed E-state index contributed by atoms with van der Waals surface area (Å²) < 4.78 is 4.28. The molecule has 0 aliphatic rings. The maximum atomic E-state index is 10.7. The Morgan fingerprint density at radius 2 is 2.17 bits per heavy atom. The van der Waals surface area contributed by atoms with E-state index < -0.39 is 11.9 Å². The molecule has 0 radical (unpaired) electrons. The highest BCUT2D eigenvalue weighted by molar-refractivity contribution is 5.85. The van der Waals surface area contributed by atoms with Gasteiger partial charge in [0, 0.05) is 17.9 Å². The van der Waals surface area contributed by atoms with Gasteiger partial charge < -0.3 is 4.74 Å². The summed E-state index contributed by atoms with van der Waals surface area (Å²) in [5, 5.41) is 3.11. The number of hydrogen-bond acceptors (Lipinski definition) is 4. The van der Waals surface area contributed by atoms with E-state index >= 15 is 0 Å². The molecule has 0 heterocycles. The molecule has 0 saturated heterocycles. The predicted molar refractivity (Wildman–Crippen MR) is 40.0 cm³/mol. The van der Waals surface area contributed by atoms with Gasteiger partial charge in [0.05, 0.1) is 6.42 Å². The minimum Gasteiger partial charge on any atom is -0.393 e. The van der Waals surface area contributed by atoms with Gasteiger partial charge in [0.2, 0.25) is 0 Å². The van der Waals surface area contributed by atoms with E-state index in [0.717, 1.165) is 0 Å². The standard InChI is InChI=1S/C6H9N3O3/c1-2-5(10)12-6(11)3-4-8-9-7/h2-4H2,1H3. The average Bonchev–Trinajstić information content (AvgIpc) is 2.05. The molecule has 0 amide bonds. The second-order valence-corrected chi connectivity index (χ2v) is 1.90. The van der Waals surface area contributed by atoms with E-state index in [1.165, 1.54) is 0 Å². The van der Waals surface area contributed by atoms with Crippen LogP contribution in [0.25, 0.3) is 10.4 Å². The summed E-state index contributed by atoms with van der Waals surface area (Å²) in [5.74, 6) is -1.23. The number of carbonyl (C=O) groups excluding carboxylic acids is 2. The molecule has 0 atom stereocenters. The zero-order valence-electron chi connectivity index (χ0n) is 6.69. The maximum absolute atomic E-state index is 10.7. The molecular weight excluding hydrogens is 162 g/mol. The lowest BCUT2D eigenvalue weighted by molar-refractivity contribution is -0.159. The molecule has 6 nitrogen and oxygen atoms in total. The molecule has 12 heavy (non-hydrogen) atoms. The van der Waals surface area contributed by atoms with Crippen LogP contribution >= 0.6 is 0 Å². The van der Waals surface area contributed by atoms with Crippen LogP contribution in [0.3, 0.4) is 0 Å². The molecule has 0 fully saturated rings. The number of rotatable bonds is 4. The first kappa shape index (κ1) is 10.4. The minimum atomic E-state index is -0.658. The first-order valence-corrected chi connectivity index (χ1v) is 3.45. The lowest BCUT2D eigenvalue weighted by Crippen LogP contribution is -2.11. The normalized spacial score (nSPS) is 8.42. The van der Waals surface area contributed by atoms with Gasteiger partial charge in [-0.2, -0.15) is 0 Å². The van der Waals surface area contributed by atoms with Gasteiger partial charge in [-0.3, -0.25) is 9.59 Å². The van der Waals surface area contributed by atoms with Crippen LogP contribution in [0.4, 0.5) is 0 Å². The van der Waals surface area contributed by atoms with E-state index in [9.17, 15) is 9.59 Å². The average molecular weight is 171 g/mol. The summed E-state index contributed by atoms with van der Waals surface area (Å²) in [6, 6.07) is 0. The Morgan fingerprint density at radius 1 is 1.50 bits per heavy atom. The van der Waals surface area contributed by atoms with E-state index in [2.05, 4.69) is 14.8 Å². The van der Waals surface area contributed by atoms with Crippen molar-refractivity contribution < 1.29 is 14.3 Å². The highest BCUT2D eigenvalue weighted by Gasteiger charge is 2.06. The van der Waals surface area contributed by atoms with E-state index in [0.29, 0.717) is 0 Å². The molecule has 0 aromatic carbocycles. The molecule has 0 rings (SSSR count). The Morgan fingerprint density at radius 3 is 2.67 bits per heavy atom. The van der Waals surface area contributed by atoms with Crippen LogP contribution in [0.2, 0.25) is 0 Å². The van der Waals surface area contributed by atoms with Crippen LogP contribution < -0.4 is 0 Å². The van der Waals surface area contributed by atoms with Crippen LogP contribution in [0, 0.1) is 0 Å². The highest BCUT2D eigenvalue weighted by Crippen LogP contribution is 1.91. The van der Waals surface area contributed by atoms with Crippen molar-refractivity contribution in [1.82, 2.24) is 0 Å². The number of azide groups is 1. The molecule has 0 N–H and O–H groups in total. The molecule has 66 valence electrons. The van der Waals surface area contributed by atoms with Crippen molar-refractivity contribution in [3.05, 3.63) is 10.4 Å². The van der Waals surface area contributed by atoms with Crippen LogP contribution in [0.5, 0.6) is 0 Å². The van der Waals surface area contributed by atoms with Gasteiger partial charge in [0.25, 0.3) is 0 Å². The molecule has 6 heteroatoms. The van der Waals surface area contributed by atoms with Crippen LogP contribution in [0.1, 0.15) is 19.8 Å². The van der Waals surface area contributed by atoms with Gasteiger partial charge in [-0.05, 0) is 5.53 Å². The number of hydrogen-bond donors (Lipinski definition) is 0. The van der Waals surface area contributed by atoms with Crippen molar-refractivity contribution in [3.8, 4) is 0 Å². The van der Waals surface area contributed by atoms with Gasteiger partial charge in [-0.15, -0.1) is 0 Å². The summed E-state index contributed by atoms with van der Waals surface area (Å²) in [6.45, 7) is 1.61. The van der Waals surface area contributed by atoms with Gasteiger partial charge in [-0.25, -0.2) is 0 Å². The first-order valence-electron chi connectivity index (χ1n) is 3.45. The molecule has 0 spiro atoms. The molecule has 0 unspecified atom stereocenters. The van der Waals surface area contributed by atoms with Crippen LogP contribution in [-0.2, 0) is 14.3 Å². The number of nitrogens with zero attached hydrogens (tertiary/aromatic N) is 3. The van der Waals surface area contributed by atoms with Crippen molar-refractivity contribution in [2.24, 2.45) is 5.11 Å². The first-order chi connectivity index (χ1) is 5.70. The lowest BCUT2D eigenvalue weighted by atomic mass is 10.4. The summed E-state index contributed by atoms with van der Waals surface area (Å²) in [4.78, 5) is 23.6. The smallest absolute Gasteiger partial charge is 0.313 e. The fourth-order valence-corrected chi connectivity index (χ4v) is 0.436. The fraction of sp³-hybridized carbons (Fsp3) is 0.667. The van der Waals surface area contributed by atoms with E-state index in [1.807, 2.05) is 0 Å². The third-order valence-corrected chi connectivity index (χ3v) is 0.996. The highest BCUT2D eigenvalue weighted by atomic mass is 16.6. The second-order valence-electron chi connectivity index (χ2n) is 1.90. The summed E-state index contributed by atoms with van der Waals surface area (Å²) in [7, 11) is 0. The van der Waals surface area contributed by atoms with Crippen molar-refractivity contribution in [2.45, 2.75) is 19.8 Å². The summed E-state index contributed by atoms with van der Waals surface area (Å²) in [5.41, 5.74) is 7.85. The van der Waals surface area contributed by atoms with Gasteiger partial charge in [0.1, 0.15) is 0 Å². The third kappa shape index (κ3) is 5.25. The van der Waals surface area contributed by atoms with Crippen LogP contribution in [-0.4, -0.2) is 18.5 Å². The number of esters is 2. The predicted octanol–water partition coefficient (Wildman–Crippen LogP) is 1.17. The van der Waals surface area contributed by atoms with Gasteiger partial charge in [0.15, 0.2) is 0 Å². The van der Waals surface area contributed by atoms with Crippen LogP contribution in [0.15, 0.2) is 5.11 Å². The Labute approximate surface area is 69.1 Å². The van der Waals surface area contributed by atoms with Crippen molar-refractivity contribution in [1.29, 1.82) is 0 Å². The number of ether oxygens (including phenoxy) is 1. The molecular formula is C6H9N3O3. The van der Waals surface area contributed by atoms with Crippen molar-refractivity contribution in [3.63, 3.8) is 0 Å². The Hall–Kier alpha value is -1.55. The minimum absolute atomic E-state index is 0.0202. The van der Waals surface area contributed by atoms with E-state index in [4.69, 9.17) is 5.53 Å². The fourth-order valence-electron chi connectivity index (χ4n) is 0.436. The Balaban J connectivity index is 3.59. The molecule has 0 saturated carbocycles. The monoisotopic (exact) mass is 171 g/mol. The Kier molecular flexibility index (Phi) is 5.38. The summed E-state index contributed by atoms with van der Waals surface area (Å²) in [6.07, 6.45) is 0.100. The number of carbonyl (C=O) groups is 2. The molecule has 0 bridgehead atoms. The van der Waals surface area contributed by atoms with E-state index in [1.54, 1.807) is 6.92 Å². The zero-order chi connectivity index (χ0) is 9.40. The lowest BCUT2D eigenvalue weighted by Gasteiger charge is -1.97.